The van der Waals surface area contributed by atoms with Crippen LogP contribution in [0, 0.1) is 6.92 Å². The summed E-state index contributed by atoms with van der Waals surface area (Å²) in [6, 6.07) is 16.1. The van der Waals surface area contributed by atoms with E-state index in [9.17, 15) is 9.59 Å². The molecule has 0 bridgehead atoms. The molecule has 3 rings (SSSR count). The Kier molecular flexibility index (Phi) is 6.93. The Bertz CT molecular complexity index is 772. The lowest BCUT2D eigenvalue weighted by molar-refractivity contribution is -0.128. The molecule has 0 spiro atoms. The third-order valence-corrected chi connectivity index (χ3v) is 5.71. The molecule has 5 heteroatoms. The first-order valence-electron chi connectivity index (χ1n) is 9.40. The quantitative estimate of drug-likeness (QED) is 0.707. The number of likely N-dealkylation sites (tertiary alicyclic amines) is 1. The molecule has 142 valence electrons. The molecule has 1 N–H and O–H groups in total. The zero-order chi connectivity index (χ0) is 19.1. The first kappa shape index (κ1) is 19.5. The third kappa shape index (κ3) is 5.86. The van der Waals surface area contributed by atoms with Crippen molar-refractivity contribution in [3.63, 3.8) is 0 Å². The summed E-state index contributed by atoms with van der Waals surface area (Å²) in [7, 11) is 0. The number of benzene rings is 2. The second kappa shape index (κ2) is 9.60. The van der Waals surface area contributed by atoms with Crippen LogP contribution in [0.2, 0.25) is 0 Å². The van der Waals surface area contributed by atoms with Crippen molar-refractivity contribution in [3.8, 4) is 0 Å². The number of carbonyl (C=O) groups excluding carboxylic acids is 2. The van der Waals surface area contributed by atoms with Crippen LogP contribution in [0.5, 0.6) is 0 Å². The molecule has 4 nitrogen and oxygen atoms in total. The van der Waals surface area contributed by atoms with Crippen LogP contribution in [-0.2, 0) is 17.1 Å². The van der Waals surface area contributed by atoms with Gasteiger partial charge in [-0.15, -0.1) is 0 Å². The van der Waals surface area contributed by atoms with Gasteiger partial charge in [0.15, 0.2) is 0 Å². The zero-order valence-electron chi connectivity index (χ0n) is 15.7. The summed E-state index contributed by atoms with van der Waals surface area (Å²) in [5, 5.41) is 2.97. The summed E-state index contributed by atoms with van der Waals surface area (Å²) in [5.41, 5.74) is 4.31. The topological polar surface area (TPSA) is 49.4 Å². The molecule has 27 heavy (non-hydrogen) atoms. The molecule has 0 radical (unpaired) electrons. The number of carbonyl (C=O) groups is 2. The van der Waals surface area contributed by atoms with Crippen molar-refractivity contribution in [2.45, 2.75) is 32.1 Å². The van der Waals surface area contributed by atoms with E-state index in [-0.39, 0.29) is 11.8 Å². The predicted octanol–water partition coefficient (Wildman–Crippen LogP) is 3.78. The minimum atomic E-state index is -0.0465. The summed E-state index contributed by atoms with van der Waals surface area (Å²) in [4.78, 5) is 25.8. The molecular formula is C22H26N2O2S. The monoisotopic (exact) mass is 382 g/mol. The molecular weight excluding hydrogens is 356 g/mol. The van der Waals surface area contributed by atoms with E-state index in [1.807, 2.05) is 40.9 Å². The van der Waals surface area contributed by atoms with Crippen molar-refractivity contribution in [1.82, 2.24) is 10.2 Å². The van der Waals surface area contributed by atoms with Crippen molar-refractivity contribution >= 4 is 23.6 Å². The van der Waals surface area contributed by atoms with Gasteiger partial charge in [0.2, 0.25) is 5.91 Å². The van der Waals surface area contributed by atoms with E-state index in [1.165, 1.54) is 11.1 Å². The highest BCUT2D eigenvalue weighted by Gasteiger charge is 2.19. The predicted molar refractivity (Wildman–Crippen MR) is 111 cm³/mol. The lowest BCUT2D eigenvalue weighted by atomic mass is 10.1. The van der Waals surface area contributed by atoms with Crippen LogP contribution in [0.1, 0.15) is 39.9 Å². The van der Waals surface area contributed by atoms with Crippen molar-refractivity contribution in [1.29, 1.82) is 0 Å². The summed E-state index contributed by atoms with van der Waals surface area (Å²) >= 11 is 1.82. The van der Waals surface area contributed by atoms with Gasteiger partial charge in [-0.25, -0.2) is 0 Å². The Morgan fingerprint density at radius 2 is 1.78 bits per heavy atom. The number of amides is 2. The van der Waals surface area contributed by atoms with E-state index in [2.05, 4.69) is 36.5 Å². The number of nitrogens with zero attached hydrogens (tertiary/aromatic N) is 1. The second-order valence-corrected chi connectivity index (χ2v) is 8.02. The van der Waals surface area contributed by atoms with Gasteiger partial charge >= 0.3 is 0 Å². The molecule has 0 unspecified atom stereocenters. The largest absolute Gasteiger partial charge is 0.351 e. The molecule has 0 aliphatic carbocycles. The Balaban J connectivity index is 1.37. The van der Waals surface area contributed by atoms with Crippen molar-refractivity contribution in [3.05, 3.63) is 70.8 Å². The Morgan fingerprint density at radius 1 is 1.07 bits per heavy atom. The molecule has 0 saturated carbocycles. The smallest absolute Gasteiger partial charge is 0.251 e. The van der Waals surface area contributed by atoms with Crippen LogP contribution in [0.25, 0.3) is 0 Å². The highest BCUT2D eigenvalue weighted by molar-refractivity contribution is 7.98. The summed E-state index contributed by atoms with van der Waals surface area (Å²) in [6.07, 6.45) is 1.60. The van der Waals surface area contributed by atoms with Gasteiger partial charge in [0.25, 0.3) is 5.91 Å². The number of thioether (sulfide) groups is 1. The van der Waals surface area contributed by atoms with E-state index in [4.69, 9.17) is 0 Å². The molecule has 0 aromatic heterocycles. The molecule has 1 aliphatic rings. The van der Waals surface area contributed by atoms with Gasteiger partial charge in [0, 0.05) is 43.1 Å². The summed E-state index contributed by atoms with van der Waals surface area (Å²) in [6.45, 7) is 4.21. The highest BCUT2D eigenvalue weighted by atomic mass is 32.2. The number of hydrogen-bond acceptors (Lipinski definition) is 3. The Morgan fingerprint density at radius 3 is 2.44 bits per heavy atom. The first-order valence-corrected chi connectivity index (χ1v) is 10.6. The van der Waals surface area contributed by atoms with E-state index >= 15 is 0 Å². The molecule has 0 atom stereocenters. The van der Waals surface area contributed by atoms with Gasteiger partial charge in [-0.1, -0.05) is 42.0 Å². The van der Waals surface area contributed by atoms with Gasteiger partial charge < -0.3 is 10.2 Å². The SMILES string of the molecule is Cc1ccc(CSCCNC(=O)c2ccc(CN3CCCC3=O)cc2)cc1. The molecule has 2 aromatic rings. The standard InChI is InChI=1S/C22H26N2O2S/c1-17-4-6-19(7-5-17)16-27-14-12-23-22(26)20-10-8-18(9-11-20)15-24-13-2-3-21(24)25/h4-11H,2-3,12-16H2,1H3,(H,23,26). The van der Waals surface area contributed by atoms with Crippen LogP contribution in [-0.4, -0.2) is 35.6 Å². The molecule has 1 fully saturated rings. The molecule has 2 amide bonds. The molecule has 2 aromatic carbocycles. The lowest BCUT2D eigenvalue weighted by Crippen LogP contribution is -2.26. The van der Waals surface area contributed by atoms with Gasteiger partial charge in [-0.05, 0) is 36.6 Å². The number of rotatable bonds is 8. The van der Waals surface area contributed by atoms with Crippen LogP contribution in [0.4, 0.5) is 0 Å². The van der Waals surface area contributed by atoms with Gasteiger partial charge in [0.1, 0.15) is 0 Å². The van der Waals surface area contributed by atoms with Gasteiger partial charge in [-0.2, -0.15) is 11.8 Å². The Labute approximate surface area is 165 Å². The third-order valence-electron chi connectivity index (χ3n) is 4.68. The fourth-order valence-corrected chi connectivity index (χ4v) is 3.89. The van der Waals surface area contributed by atoms with Gasteiger partial charge in [-0.3, -0.25) is 9.59 Å². The maximum atomic E-state index is 12.2. The fraction of sp³-hybridized carbons (Fsp3) is 0.364. The van der Waals surface area contributed by atoms with Crippen LogP contribution in [0.15, 0.2) is 48.5 Å². The van der Waals surface area contributed by atoms with E-state index in [0.717, 1.165) is 30.0 Å². The molecule has 1 saturated heterocycles. The van der Waals surface area contributed by atoms with Crippen molar-refractivity contribution in [2.24, 2.45) is 0 Å². The average molecular weight is 383 g/mol. The van der Waals surface area contributed by atoms with Crippen molar-refractivity contribution < 1.29 is 9.59 Å². The van der Waals surface area contributed by atoms with E-state index in [0.29, 0.717) is 25.1 Å². The number of nitrogens with one attached hydrogen (secondary N) is 1. The molecule has 1 heterocycles. The second-order valence-electron chi connectivity index (χ2n) is 6.91. The van der Waals surface area contributed by atoms with Crippen LogP contribution < -0.4 is 5.32 Å². The van der Waals surface area contributed by atoms with Crippen molar-refractivity contribution in [2.75, 3.05) is 18.8 Å². The highest BCUT2D eigenvalue weighted by Crippen LogP contribution is 2.15. The summed E-state index contributed by atoms with van der Waals surface area (Å²) < 4.78 is 0. The normalized spacial score (nSPS) is 13.8. The first-order chi connectivity index (χ1) is 13.1. The summed E-state index contributed by atoms with van der Waals surface area (Å²) in [5.74, 6) is 2.02. The average Bonchev–Trinajstić information content (AvgIpc) is 3.08. The Hall–Kier alpha value is -2.27. The fourth-order valence-electron chi connectivity index (χ4n) is 3.07. The maximum Gasteiger partial charge on any atom is 0.251 e. The van der Waals surface area contributed by atoms with Gasteiger partial charge in [0.05, 0.1) is 0 Å². The van der Waals surface area contributed by atoms with Crippen LogP contribution >= 0.6 is 11.8 Å². The maximum absolute atomic E-state index is 12.2. The molecule has 1 aliphatic heterocycles. The van der Waals surface area contributed by atoms with E-state index in [1.54, 1.807) is 0 Å². The zero-order valence-corrected chi connectivity index (χ0v) is 16.6. The van der Waals surface area contributed by atoms with E-state index < -0.39 is 0 Å². The minimum Gasteiger partial charge on any atom is -0.351 e. The number of aryl methyl sites for hydroxylation is 1. The van der Waals surface area contributed by atoms with Crippen LogP contribution in [0.3, 0.4) is 0 Å². The number of hydrogen-bond donors (Lipinski definition) is 1. The lowest BCUT2D eigenvalue weighted by Gasteiger charge is -2.15. The minimum absolute atomic E-state index is 0.0465.